The molecule has 3 rings (SSSR count). The number of esters is 1. The zero-order valence-corrected chi connectivity index (χ0v) is 15.2. The summed E-state index contributed by atoms with van der Waals surface area (Å²) in [6, 6.07) is 22.3. The van der Waals surface area contributed by atoms with E-state index in [4.69, 9.17) is 21.1 Å². The van der Waals surface area contributed by atoms with Crippen LogP contribution in [0.3, 0.4) is 0 Å². The van der Waals surface area contributed by atoms with Crippen LogP contribution in [0.2, 0.25) is 5.02 Å². The first kappa shape index (κ1) is 18.0. The Hall–Kier alpha value is -2.78. The monoisotopic (exact) mass is 366 g/mol. The summed E-state index contributed by atoms with van der Waals surface area (Å²) in [6.07, 6.45) is 0. The van der Waals surface area contributed by atoms with E-state index >= 15 is 0 Å². The fraction of sp³-hybridized carbons (Fsp3) is 0.136. The van der Waals surface area contributed by atoms with E-state index in [9.17, 15) is 4.79 Å². The highest BCUT2D eigenvalue weighted by Gasteiger charge is 2.07. The molecule has 0 fully saturated rings. The van der Waals surface area contributed by atoms with E-state index in [2.05, 4.69) is 0 Å². The Labute approximate surface area is 158 Å². The van der Waals surface area contributed by atoms with Crippen LogP contribution in [0.15, 0.2) is 72.8 Å². The summed E-state index contributed by atoms with van der Waals surface area (Å²) in [7, 11) is 0. The van der Waals surface area contributed by atoms with Crippen LogP contribution in [0.25, 0.3) is 0 Å². The lowest BCUT2D eigenvalue weighted by Crippen LogP contribution is -2.05. The van der Waals surface area contributed by atoms with E-state index in [0.29, 0.717) is 17.2 Å². The molecule has 0 atom stereocenters. The Balaban J connectivity index is 1.52. The maximum Gasteiger partial charge on any atom is 0.338 e. The molecule has 0 radical (unpaired) electrons. The van der Waals surface area contributed by atoms with Gasteiger partial charge in [-0.25, -0.2) is 4.79 Å². The first-order chi connectivity index (χ1) is 12.6. The van der Waals surface area contributed by atoms with Gasteiger partial charge in [0.25, 0.3) is 0 Å². The van der Waals surface area contributed by atoms with Crippen LogP contribution in [-0.4, -0.2) is 5.97 Å². The lowest BCUT2D eigenvalue weighted by Gasteiger charge is -2.08. The summed E-state index contributed by atoms with van der Waals surface area (Å²) in [4.78, 5) is 12.1. The Bertz CT molecular complexity index is 853. The number of hydrogen-bond donors (Lipinski definition) is 0. The number of carbonyl (C=O) groups is 1. The summed E-state index contributed by atoms with van der Waals surface area (Å²) in [5.41, 5.74) is 3.59. The minimum Gasteiger partial charge on any atom is -0.489 e. The number of hydrogen-bond acceptors (Lipinski definition) is 3. The van der Waals surface area contributed by atoms with Crippen molar-refractivity contribution < 1.29 is 14.3 Å². The third-order valence-electron chi connectivity index (χ3n) is 3.90. The second-order valence-electron chi connectivity index (χ2n) is 6.00. The van der Waals surface area contributed by atoms with E-state index in [1.807, 2.05) is 55.5 Å². The fourth-order valence-corrected chi connectivity index (χ4v) is 2.48. The molecule has 132 valence electrons. The number of carbonyl (C=O) groups excluding carboxylic acids is 1. The SMILES string of the molecule is Cc1ccc(OCc2ccc(C(=O)OCc3ccc(Cl)cc3)cc2)cc1. The van der Waals surface area contributed by atoms with Crippen molar-refractivity contribution in [3.8, 4) is 5.75 Å². The summed E-state index contributed by atoms with van der Waals surface area (Å²) < 4.78 is 11.1. The quantitative estimate of drug-likeness (QED) is 0.534. The maximum atomic E-state index is 12.1. The molecule has 0 saturated carbocycles. The van der Waals surface area contributed by atoms with Crippen molar-refractivity contribution >= 4 is 17.6 Å². The molecular weight excluding hydrogens is 348 g/mol. The molecule has 0 N–H and O–H groups in total. The van der Waals surface area contributed by atoms with Crippen LogP contribution in [0.1, 0.15) is 27.0 Å². The topological polar surface area (TPSA) is 35.5 Å². The molecule has 26 heavy (non-hydrogen) atoms. The normalized spacial score (nSPS) is 10.4. The number of halogens is 1. The van der Waals surface area contributed by atoms with E-state index in [0.717, 1.165) is 16.9 Å². The molecule has 0 heterocycles. The third-order valence-corrected chi connectivity index (χ3v) is 4.15. The van der Waals surface area contributed by atoms with Crippen molar-refractivity contribution in [1.29, 1.82) is 0 Å². The number of rotatable bonds is 6. The Morgan fingerprint density at radius 1 is 0.808 bits per heavy atom. The van der Waals surface area contributed by atoms with Gasteiger partial charge in [0.1, 0.15) is 19.0 Å². The highest BCUT2D eigenvalue weighted by atomic mass is 35.5. The third kappa shape index (κ3) is 5.11. The van der Waals surface area contributed by atoms with Gasteiger partial charge < -0.3 is 9.47 Å². The summed E-state index contributed by atoms with van der Waals surface area (Å²) >= 11 is 5.84. The molecule has 0 aliphatic heterocycles. The van der Waals surface area contributed by atoms with Crippen LogP contribution in [0, 0.1) is 6.92 Å². The van der Waals surface area contributed by atoms with Crippen LogP contribution < -0.4 is 4.74 Å². The van der Waals surface area contributed by atoms with Crippen molar-refractivity contribution in [2.75, 3.05) is 0 Å². The zero-order valence-electron chi connectivity index (χ0n) is 14.4. The van der Waals surface area contributed by atoms with Gasteiger partial charge in [0.05, 0.1) is 5.56 Å². The summed E-state index contributed by atoms with van der Waals surface area (Å²) in [6.45, 7) is 2.70. The molecule has 3 aromatic rings. The minimum absolute atomic E-state index is 0.217. The second-order valence-corrected chi connectivity index (χ2v) is 6.44. The average Bonchev–Trinajstić information content (AvgIpc) is 2.67. The van der Waals surface area contributed by atoms with Gasteiger partial charge in [-0.15, -0.1) is 0 Å². The molecule has 0 saturated heterocycles. The van der Waals surface area contributed by atoms with E-state index < -0.39 is 0 Å². The molecule has 3 aromatic carbocycles. The predicted molar refractivity (Wildman–Crippen MR) is 103 cm³/mol. The van der Waals surface area contributed by atoms with Gasteiger partial charge in [0, 0.05) is 5.02 Å². The van der Waals surface area contributed by atoms with Gasteiger partial charge in [0.15, 0.2) is 0 Å². The highest BCUT2D eigenvalue weighted by Crippen LogP contribution is 2.15. The Morgan fingerprint density at radius 3 is 2.04 bits per heavy atom. The molecule has 4 heteroatoms. The first-order valence-electron chi connectivity index (χ1n) is 8.30. The van der Waals surface area contributed by atoms with Crippen LogP contribution in [0.5, 0.6) is 5.75 Å². The van der Waals surface area contributed by atoms with Crippen molar-refractivity contribution in [1.82, 2.24) is 0 Å². The van der Waals surface area contributed by atoms with Gasteiger partial charge in [-0.1, -0.05) is 53.6 Å². The lowest BCUT2D eigenvalue weighted by molar-refractivity contribution is 0.0472. The number of ether oxygens (including phenoxy) is 2. The fourth-order valence-electron chi connectivity index (χ4n) is 2.35. The first-order valence-corrected chi connectivity index (χ1v) is 8.68. The van der Waals surface area contributed by atoms with Crippen LogP contribution in [-0.2, 0) is 18.0 Å². The molecule has 3 nitrogen and oxygen atoms in total. The van der Waals surface area contributed by atoms with Gasteiger partial charge in [-0.2, -0.15) is 0 Å². The smallest absolute Gasteiger partial charge is 0.338 e. The molecule has 0 aliphatic carbocycles. The zero-order chi connectivity index (χ0) is 18.4. The van der Waals surface area contributed by atoms with Gasteiger partial charge in [0.2, 0.25) is 0 Å². The van der Waals surface area contributed by atoms with Crippen molar-refractivity contribution in [2.45, 2.75) is 20.1 Å². The molecule has 0 amide bonds. The second kappa shape index (κ2) is 8.54. The number of aryl methyl sites for hydroxylation is 1. The molecular formula is C22H19ClO3. The van der Waals surface area contributed by atoms with E-state index in [-0.39, 0.29) is 12.6 Å². The molecule has 0 aliphatic rings. The van der Waals surface area contributed by atoms with Crippen LogP contribution in [0.4, 0.5) is 0 Å². The Morgan fingerprint density at radius 2 is 1.38 bits per heavy atom. The van der Waals surface area contributed by atoms with Crippen LogP contribution >= 0.6 is 11.6 Å². The molecule has 0 spiro atoms. The van der Waals surface area contributed by atoms with Crippen molar-refractivity contribution in [2.24, 2.45) is 0 Å². The summed E-state index contributed by atoms with van der Waals surface area (Å²) in [5.74, 6) is 0.466. The average molecular weight is 367 g/mol. The van der Waals surface area contributed by atoms with Gasteiger partial charge in [-0.05, 0) is 54.4 Å². The predicted octanol–water partition coefficient (Wildman–Crippen LogP) is 5.58. The highest BCUT2D eigenvalue weighted by molar-refractivity contribution is 6.30. The van der Waals surface area contributed by atoms with E-state index in [1.165, 1.54) is 5.56 Å². The minimum atomic E-state index is -0.356. The van der Waals surface area contributed by atoms with Crippen molar-refractivity contribution in [3.05, 3.63) is 100 Å². The maximum absolute atomic E-state index is 12.1. The Kier molecular flexibility index (Phi) is 5.92. The number of benzene rings is 3. The molecule has 0 aromatic heterocycles. The lowest BCUT2D eigenvalue weighted by atomic mass is 10.1. The van der Waals surface area contributed by atoms with Gasteiger partial charge >= 0.3 is 5.97 Å². The standard InChI is InChI=1S/C22H19ClO3/c1-16-2-12-21(13-3-16)25-14-17-4-8-19(9-5-17)22(24)26-15-18-6-10-20(23)11-7-18/h2-13H,14-15H2,1H3. The van der Waals surface area contributed by atoms with Crippen molar-refractivity contribution in [3.63, 3.8) is 0 Å². The molecule has 0 bridgehead atoms. The van der Waals surface area contributed by atoms with Gasteiger partial charge in [-0.3, -0.25) is 0 Å². The van der Waals surface area contributed by atoms with E-state index in [1.54, 1.807) is 24.3 Å². The largest absolute Gasteiger partial charge is 0.489 e. The summed E-state index contributed by atoms with van der Waals surface area (Å²) in [5, 5.41) is 0.656. The molecule has 0 unspecified atom stereocenters.